The molecule has 0 unspecified atom stereocenters. The van der Waals surface area contributed by atoms with Gasteiger partial charge in [-0.05, 0) is 30.7 Å². The van der Waals surface area contributed by atoms with Crippen LogP contribution < -0.4 is 5.43 Å². The van der Waals surface area contributed by atoms with Crippen molar-refractivity contribution in [1.82, 2.24) is 0 Å². The maximum absolute atomic E-state index is 8.68. The summed E-state index contributed by atoms with van der Waals surface area (Å²) in [5.74, 6) is 0. The standard InChI is InChI=1S/C11H12N4/c1-9-7-10(8-12)3-4-11(9)15-14-6-5-13-2/h3-7,15H,1-2H3/b13-5?,14-6-. The Morgan fingerprint density at radius 2 is 2.20 bits per heavy atom. The van der Waals surface area contributed by atoms with Crippen molar-refractivity contribution in [2.75, 3.05) is 12.5 Å². The summed E-state index contributed by atoms with van der Waals surface area (Å²) in [6, 6.07) is 7.47. The highest BCUT2D eigenvalue weighted by molar-refractivity contribution is 6.16. The van der Waals surface area contributed by atoms with E-state index in [1.54, 1.807) is 25.5 Å². The van der Waals surface area contributed by atoms with Crippen molar-refractivity contribution < 1.29 is 0 Å². The van der Waals surface area contributed by atoms with Crippen LogP contribution in [-0.2, 0) is 0 Å². The van der Waals surface area contributed by atoms with E-state index in [4.69, 9.17) is 5.26 Å². The number of anilines is 1. The molecule has 0 heterocycles. The van der Waals surface area contributed by atoms with Crippen LogP contribution >= 0.6 is 0 Å². The summed E-state index contributed by atoms with van der Waals surface area (Å²) in [6.45, 7) is 1.92. The molecular formula is C11H12N4. The molecule has 0 aliphatic carbocycles. The highest BCUT2D eigenvalue weighted by Crippen LogP contribution is 2.15. The monoisotopic (exact) mass is 200 g/mol. The number of aryl methyl sites for hydroxylation is 1. The Bertz CT molecular complexity index is 427. The Hall–Kier alpha value is -2.15. The summed E-state index contributed by atoms with van der Waals surface area (Å²) in [4.78, 5) is 3.76. The van der Waals surface area contributed by atoms with Crippen LogP contribution in [0.3, 0.4) is 0 Å². The van der Waals surface area contributed by atoms with E-state index < -0.39 is 0 Å². The minimum atomic E-state index is 0.650. The predicted octanol–water partition coefficient (Wildman–Crippen LogP) is 1.96. The van der Waals surface area contributed by atoms with Crippen LogP contribution in [0.25, 0.3) is 0 Å². The average Bonchev–Trinajstić information content (AvgIpc) is 2.26. The topological polar surface area (TPSA) is 60.5 Å². The van der Waals surface area contributed by atoms with Crippen molar-refractivity contribution in [1.29, 1.82) is 5.26 Å². The lowest BCUT2D eigenvalue weighted by Gasteiger charge is -2.03. The lowest BCUT2D eigenvalue weighted by Crippen LogP contribution is -1.93. The molecule has 0 saturated carbocycles. The molecule has 0 aliphatic heterocycles. The minimum Gasteiger partial charge on any atom is -0.295 e. The summed E-state index contributed by atoms with van der Waals surface area (Å²) in [5, 5.41) is 12.6. The molecule has 0 aromatic heterocycles. The number of nitrogens with one attached hydrogen (secondary N) is 1. The van der Waals surface area contributed by atoms with Gasteiger partial charge in [0.25, 0.3) is 0 Å². The Balaban J connectivity index is 2.75. The molecule has 15 heavy (non-hydrogen) atoms. The van der Waals surface area contributed by atoms with E-state index in [9.17, 15) is 0 Å². The summed E-state index contributed by atoms with van der Waals surface area (Å²) >= 11 is 0. The van der Waals surface area contributed by atoms with Gasteiger partial charge < -0.3 is 0 Å². The Morgan fingerprint density at radius 1 is 1.40 bits per heavy atom. The highest BCUT2D eigenvalue weighted by atomic mass is 15.3. The van der Waals surface area contributed by atoms with E-state index in [0.29, 0.717) is 5.56 Å². The maximum atomic E-state index is 8.68. The van der Waals surface area contributed by atoms with Crippen LogP contribution in [0.4, 0.5) is 5.69 Å². The number of rotatable bonds is 3. The lowest BCUT2D eigenvalue weighted by molar-refractivity contribution is 1.31. The summed E-state index contributed by atoms with van der Waals surface area (Å²) in [7, 11) is 1.68. The molecule has 0 aliphatic rings. The molecule has 0 atom stereocenters. The normalized spacial score (nSPS) is 10.7. The lowest BCUT2D eigenvalue weighted by atomic mass is 10.1. The number of nitrogens with zero attached hydrogens (tertiary/aromatic N) is 3. The van der Waals surface area contributed by atoms with E-state index >= 15 is 0 Å². The largest absolute Gasteiger partial charge is 0.295 e. The fourth-order valence-electron chi connectivity index (χ4n) is 1.07. The van der Waals surface area contributed by atoms with Gasteiger partial charge in [-0.15, -0.1) is 0 Å². The molecule has 0 radical (unpaired) electrons. The van der Waals surface area contributed by atoms with Gasteiger partial charge in [-0.1, -0.05) is 0 Å². The molecule has 4 nitrogen and oxygen atoms in total. The second-order valence-corrected chi connectivity index (χ2v) is 2.94. The van der Waals surface area contributed by atoms with Gasteiger partial charge in [-0.3, -0.25) is 10.4 Å². The van der Waals surface area contributed by atoms with Gasteiger partial charge >= 0.3 is 0 Å². The zero-order valence-electron chi connectivity index (χ0n) is 8.73. The van der Waals surface area contributed by atoms with Crippen LogP contribution in [0.15, 0.2) is 28.3 Å². The van der Waals surface area contributed by atoms with E-state index in [0.717, 1.165) is 11.3 Å². The van der Waals surface area contributed by atoms with Crippen LogP contribution in [0.2, 0.25) is 0 Å². The molecule has 1 aromatic rings. The Morgan fingerprint density at radius 3 is 2.80 bits per heavy atom. The Kier molecular flexibility index (Phi) is 4.05. The first kappa shape index (κ1) is 10.9. The zero-order chi connectivity index (χ0) is 11.1. The molecule has 4 heteroatoms. The number of hydrogen-bond acceptors (Lipinski definition) is 4. The number of benzene rings is 1. The predicted molar refractivity (Wildman–Crippen MR) is 62.4 cm³/mol. The first-order valence-corrected chi connectivity index (χ1v) is 4.48. The number of hydrogen-bond donors (Lipinski definition) is 1. The van der Waals surface area contributed by atoms with Crippen molar-refractivity contribution in [3.05, 3.63) is 29.3 Å². The summed E-state index contributed by atoms with van der Waals surface area (Å²) in [6.07, 6.45) is 3.16. The van der Waals surface area contributed by atoms with Gasteiger partial charge in [0.2, 0.25) is 0 Å². The van der Waals surface area contributed by atoms with Crippen molar-refractivity contribution in [2.24, 2.45) is 10.1 Å². The van der Waals surface area contributed by atoms with Gasteiger partial charge in [0.1, 0.15) is 0 Å². The molecule has 1 rings (SSSR count). The van der Waals surface area contributed by atoms with Crippen LogP contribution in [0.1, 0.15) is 11.1 Å². The third-order valence-electron chi connectivity index (χ3n) is 1.83. The first-order chi connectivity index (χ1) is 7.27. The Labute approximate surface area is 89.0 Å². The maximum Gasteiger partial charge on any atom is 0.0991 e. The smallest absolute Gasteiger partial charge is 0.0991 e. The molecule has 0 saturated heterocycles. The van der Waals surface area contributed by atoms with Gasteiger partial charge in [0.15, 0.2) is 0 Å². The summed E-state index contributed by atoms with van der Waals surface area (Å²) < 4.78 is 0. The second-order valence-electron chi connectivity index (χ2n) is 2.94. The van der Waals surface area contributed by atoms with Crippen molar-refractivity contribution >= 4 is 18.1 Å². The van der Waals surface area contributed by atoms with E-state index in [1.165, 1.54) is 0 Å². The first-order valence-electron chi connectivity index (χ1n) is 4.48. The number of nitriles is 1. The molecule has 0 spiro atoms. The molecule has 76 valence electrons. The quantitative estimate of drug-likeness (QED) is 0.599. The molecule has 1 N–H and O–H groups in total. The van der Waals surface area contributed by atoms with Crippen molar-refractivity contribution in [2.45, 2.75) is 6.92 Å². The molecule has 0 fully saturated rings. The fraction of sp³-hybridized carbons (Fsp3) is 0.182. The van der Waals surface area contributed by atoms with Crippen LogP contribution in [0.5, 0.6) is 0 Å². The van der Waals surface area contributed by atoms with E-state index in [1.807, 2.05) is 19.1 Å². The minimum absolute atomic E-state index is 0.650. The average molecular weight is 200 g/mol. The fourth-order valence-corrected chi connectivity index (χ4v) is 1.07. The second kappa shape index (κ2) is 5.55. The third kappa shape index (κ3) is 3.24. The van der Waals surface area contributed by atoms with Gasteiger partial charge in [-0.2, -0.15) is 10.4 Å². The number of hydrazone groups is 1. The van der Waals surface area contributed by atoms with E-state index in [2.05, 4.69) is 21.6 Å². The zero-order valence-corrected chi connectivity index (χ0v) is 8.73. The summed E-state index contributed by atoms with van der Waals surface area (Å²) in [5.41, 5.74) is 5.39. The molecule has 1 aromatic carbocycles. The van der Waals surface area contributed by atoms with Gasteiger partial charge in [-0.25, -0.2) is 0 Å². The van der Waals surface area contributed by atoms with Crippen LogP contribution in [0, 0.1) is 18.3 Å². The van der Waals surface area contributed by atoms with Crippen molar-refractivity contribution in [3.8, 4) is 6.07 Å². The number of aliphatic imine (C=N–C) groups is 1. The SMILES string of the molecule is CN=C/C=N\Nc1ccc(C#N)cc1C. The molecule has 0 amide bonds. The van der Waals surface area contributed by atoms with Crippen LogP contribution in [-0.4, -0.2) is 19.5 Å². The van der Waals surface area contributed by atoms with E-state index in [-0.39, 0.29) is 0 Å². The molecular weight excluding hydrogens is 188 g/mol. The third-order valence-corrected chi connectivity index (χ3v) is 1.83. The van der Waals surface area contributed by atoms with Gasteiger partial charge in [0, 0.05) is 13.3 Å². The van der Waals surface area contributed by atoms with Gasteiger partial charge in [0.05, 0.1) is 23.5 Å². The highest BCUT2D eigenvalue weighted by Gasteiger charge is 1.97. The molecule has 0 bridgehead atoms. The van der Waals surface area contributed by atoms with Crippen molar-refractivity contribution in [3.63, 3.8) is 0 Å².